The number of halogens is 1. The third kappa shape index (κ3) is 2.39. The molecule has 1 aliphatic heterocycles. The normalized spacial score (nSPS) is 17.1. The maximum Gasteiger partial charge on any atom is 0.200 e. The second kappa shape index (κ2) is 4.44. The highest BCUT2D eigenvalue weighted by Gasteiger charge is 2.28. The van der Waals surface area contributed by atoms with E-state index in [4.69, 9.17) is 11.6 Å². The van der Waals surface area contributed by atoms with E-state index in [1.54, 1.807) is 18.2 Å². The summed E-state index contributed by atoms with van der Waals surface area (Å²) in [4.78, 5) is 0.311. The van der Waals surface area contributed by atoms with Gasteiger partial charge >= 0.3 is 0 Å². The van der Waals surface area contributed by atoms with Crippen LogP contribution in [0.5, 0.6) is 0 Å². The fourth-order valence-electron chi connectivity index (χ4n) is 1.81. The Morgan fingerprint density at radius 1 is 1.35 bits per heavy atom. The molecule has 92 valence electrons. The van der Waals surface area contributed by atoms with Gasteiger partial charge in [-0.2, -0.15) is 0 Å². The van der Waals surface area contributed by atoms with Crippen molar-refractivity contribution in [2.45, 2.75) is 24.8 Å². The molecule has 3 nitrogen and oxygen atoms in total. The summed E-state index contributed by atoms with van der Waals surface area (Å²) in [6.45, 7) is 4.53. The van der Waals surface area contributed by atoms with E-state index in [2.05, 4.69) is 5.32 Å². The lowest BCUT2D eigenvalue weighted by Gasteiger charge is -2.10. The molecular formula is C12H14ClNO2S. The van der Waals surface area contributed by atoms with Gasteiger partial charge < -0.3 is 5.32 Å². The Morgan fingerprint density at radius 3 is 2.71 bits per heavy atom. The molecule has 0 aromatic heterocycles. The summed E-state index contributed by atoms with van der Waals surface area (Å²) in [5.41, 5.74) is 1.38. The van der Waals surface area contributed by atoms with Crippen molar-refractivity contribution in [1.82, 2.24) is 5.32 Å². The van der Waals surface area contributed by atoms with Gasteiger partial charge in [0.15, 0.2) is 0 Å². The highest BCUT2D eigenvalue weighted by molar-refractivity contribution is 7.95. The molecule has 1 aliphatic rings. The van der Waals surface area contributed by atoms with Crippen LogP contribution in [0.4, 0.5) is 0 Å². The summed E-state index contributed by atoms with van der Waals surface area (Å²) in [5.74, 6) is 0. The zero-order valence-electron chi connectivity index (χ0n) is 9.70. The first-order chi connectivity index (χ1) is 7.92. The van der Waals surface area contributed by atoms with Crippen molar-refractivity contribution in [2.75, 3.05) is 6.54 Å². The van der Waals surface area contributed by atoms with Gasteiger partial charge in [0, 0.05) is 28.6 Å². The third-order valence-electron chi connectivity index (χ3n) is 2.60. The zero-order chi connectivity index (χ0) is 12.6. The Balaban J connectivity index is 2.45. The molecule has 2 rings (SSSR count). The van der Waals surface area contributed by atoms with E-state index in [-0.39, 0.29) is 0 Å². The predicted octanol–water partition coefficient (Wildman–Crippen LogP) is 2.47. The monoisotopic (exact) mass is 271 g/mol. The first-order valence-corrected chi connectivity index (χ1v) is 7.32. The van der Waals surface area contributed by atoms with E-state index < -0.39 is 9.84 Å². The molecule has 5 heteroatoms. The smallest absolute Gasteiger partial charge is 0.200 e. The van der Waals surface area contributed by atoms with Gasteiger partial charge in [0.2, 0.25) is 9.84 Å². The van der Waals surface area contributed by atoms with Crippen LogP contribution in [0, 0.1) is 0 Å². The van der Waals surface area contributed by atoms with Crippen molar-refractivity contribution in [3.8, 4) is 0 Å². The average molecular weight is 272 g/mol. The molecule has 1 heterocycles. The molecule has 0 radical (unpaired) electrons. The molecule has 0 fully saturated rings. The highest BCUT2D eigenvalue weighted by Crippen LogP contribution is 2.37. The predicted molar refractivity (Wildman–Crippen MR) is 69.8 cm³/mol. The third-order valence-corrected chi connectivity index (χ3v) is 4.46. The fourth-order valence-corrected chi connectivity index (χ4v) is 3.66. The standard InChI is InChI=1S/C12H14ClNO2S/c1-8(2)14-6-9-7-17(15,16)11-5-3-4-10(13)12(9)11/h3-5,7-8,14H,6H2,1-2H3. The molecule has 1 aromatic carbocycles. The van der Waals surface area contributed by atoms with Crippen molar-refractivity contribution in [3.05, 3.63) is 34.2 Å². The topological polar surface area (TPSA) is 46.2 Å². The van der Waals surface area contributed by atoms with Gasteiger partial charge in [0.25, 0.3) is 0 Å². The number of fused-ring (bicyclic) bond motifs is 1. The van der Waals surface area contributed by atoms with E-state index in [0.29, 0.717) is 28.1 Å². The van der Waals surface area contributed by atoms with Crippen molar-refractivity contribution < 1.29 is 8.42 Å². The van der Waals surface area contributed by atoms with E-state index in [0.717, 1.165) is 5.57 Å². The highest BCUT2D eigenvalue weighted by atomic mass is 35.5. The van der Waals surface area contributed by atoms with E-state index >= 15 is 0 Å². The molecule has 0 saturated carbocycles. The Bertz CT molecular complexity index is 576. The van der Waals surface area contributed by atoms with Gasteiger partial charge in [-0.15, -0.1) is 0 Å². The van der Waals surface area contributed by atoms with Gasteiger partial charge in [0.1, 0.15) is 0 Å². The van der Waals surface area contributed by atoms with Crippen LogP contribution in [-0.4, -0.2) is 21.0 Å². The Kier molecular flexibility index (Phi) is 3.30. The lowest BCUT2D eigenvalue weighted by Crippen LogP contribution is -2.24. The van der Waals surface area contributed by atoms with Crippen LogP contribution in [0.3, 0.4) is 0 Å². The van der Waals surface area contributed by atoms with Gasteiger partial charge in [-0.1, -0.05) is 31.5 Å². The lowest BCUT2D eigenvalue weighted by molar-refractivity contribution is 0.605. The number of rotatable bonds is 3. The lowest BCUT2D eigenvalue weighted by atomic mass is 10.1. The number of hydrogen-bond acceptors (Lipinski definition) is 3. The summed E-state index contributed by atoms with van der Waals surface area (Å²) in [7, 11) is -3.31. The average Bonchev–Trinajstić information content (AvgIpc) is 2.49. The maximum atomic E-state index is 11.9. The van der Waals surface area contributed by atoms with Gasteiger partial charge in [-0.3, -0.25) is 0 Å². The van der Waals surface area contributed by atoms with Crippen LogP contribution in [0.1, 0.15) is 19.4 Å². The van der Waals surface area contributed by atoms with Crippen LogP contribution in [0.15, 0.2) is 28.5 Å². The van der Waals surface area contributed by atoms with Crippen molar-refractivity contribution in [3.63, 3.8) is 0 Å². The minimum atomic E-state index is -3.31. The number of nitrogens with one attached hydrogen (secondary N) is 1. The number of sulfone groups is 1. The minimum absolute atomic E-state index is 0.296. The fraction of sp³-hybridized carbons (Fsp3) is 0.333. The largest absolute Gasteiger partial charge is 0.310 e. The molecule has 0 aliphatic carbocycles. The van der Waals surface area contributed by atoms with Crippen molar-refractivity contribution >= 4 is 27.0 Å². The number of hydrogen-bond donors (Lipinski definition) is 1. The van der Waals surface area contributed by atoms with Crippen molar-refractivity contribution in [2.24, 2.45) is 0 Å². The molecule has 0 spiro atoms. The van der Waals surface area contributed by atoms with Gasteiger partial charge in [-0.25, -0.2) is 8.42 Å². The van der Waals surface area contributed by atoms with Crippen molar-refractivity contribution in [1.29, 1.82) is 0 Å². The summed E-state index contributed by atoms with van der Waals surface area (Å²) in [6.07, 6.45) is 0. The zero-order valence-corrected chi connectivity index (χ0v) is 11.3. The minimum Gasteiger partial charge on any atom is -0.310 e. The second-order valence-corrected chi connectivity index (χ2v) is 6.51. The quantitative estimate of drug-likeness (QED) is 0.919. The molecule has 1 N–H and O–H groups in total. The first kappa shape index (κ1) is 12.6. The van der Waals surface area contributed by atoms with Crippen LogP contribution in [0.25, 0.3) is 5.57 Å². The first-order valence-electron chi connectivity index (χ1n) is 5.40. The summed E-state index contributed by atoms with van der Waals surface area (Å²) in [6, 6.07) is 5.26. The number of benzene rings is 1. The van der Waals surface area contributed by atoms with Gasteiger partial charge in [-0.05, 0) is 17.7 Å². The molecule has 1 aromatic rings. The Morgan fingerprint density at radius 2 is 2.06 bits per heavy atom. The molecule has 0 unspecified atom stereocenters. The summed E-state index contributed by atoms with van der Waals surface area (Å²) in [5, 5.41) is 4.99. The van der Waals surface area contributed by atoms with Crippen LogP contribution >= 0.6 is 11.6 Å². The summed E-state index contributed by atoms with van der Waals surface area (Å²) >= 11 is 6.07. The van der Waals surface area contributed by atoms with E-state index in [1.807, 2.05) is 13.8 Å². The molecule has 17 heavy (non-hydrogen) atoms. The van der Waals surface area contributed by atoms with E-state index in [1.165, 1.54) is 5.41 Å². The molecule has 0 bridgehead atoms. The second-order valence-electron chi connectivity index (χ2n) is 4.34. The maximum absolute atomic E-state index is 11.9. The Hall–Kier alpha value is -0.840. The molecule has 0 atom stereocenters. The van der Waals surface area contributed by atoms with E-state index in [9.17, 15) is 8.42 Å². The molecular weight excluding hydrogens is 258 g/mol. The van der Waals surface area contributed by atoms with Crippen LogP contribution in [0.2, 0.25) is 5.02 Å². The SMILES string of the molecule is CC(C)NCC1=CS(=O)(=O)c2cccc(Cl)c21. The van der Waals surface area contributed by atoms with Gasteiger partial charge in [0.05, 0.1) is 4.90 Å². The Labute approximate surface area is 106 Å². The summed E-state index contributed by atoms with van der Waals surface area (Å²) < 4.78 is 23.8. The molecule has 0 saturated heterocycles. The van der Waals surface area contributed by atoms with Crippen LogP contribution < -0.4 is 5.32 Å². The van der Waals surface area contributed by atoms with Crippen LogP contribution in [-0.2, 0) is 9.84 Å². The molecule has 0 amide bonds.